The standard InChI is InChI=1S/C14H20N2/c1-7-10-14-11(4)15(5)12(8-2)13(9-3)16(14)6/h7-10H,2-3H2,1,4-6H3/b10-7-. The van der Waals surface area contributed by atoms with E-state index in [1.54, 1.807) is 0 Å². The van der Waals surface area contributed by atoms with Gasteiger partial charge in [-0.05, 0) is 32.1 Å². The Kier molecular flexibility index (Phi) is 3.78. The molecule has 0 amide bonds. The molecule has 0 spiro atoms. The third-order valence-corrected chi connectivity index (χ3v) is 2.93. The fourth-order valence-electron chi connectivity index (χ4n) is 1.94. The van der Waals surface area contributed by atoms with Crippen LogP contribution in [0, 0.1) is 0 Å². The first-order valence-electron chi connectivity index (χ1n) is 5.38. The van der Waals surface area contributed by atoms with Crippen molar-refractivity contribution in [1.82, 2.24) is 9.80 Å². The first kappa shape index (κ1) is 12.4. The number of likely N-dealkylation sites (N-methyl/N-ethyl adjacent to an activating group) is 2. The van der Waals surface area contributed by atoms with Gasteiger partial charge in [-0.25, -0.2) is 0 Å². The normalized spacial score (nSPS) is 17.5. The van der Waals surface area contributed by atoms with Crippen LogP contribution in [0.3, 0.4) is 0 Å². The molecular weight excluding hydrogens is 196 g/mol. The summed E-state index contributed by atoms with van der Waals surface area (Å²) in [5.41, 5.74) is 4.56. The van der Waals surface area contributed by atoms with Gasteiger partial charge in [0, 0.05) is 19.8 Å². The van der Waals surface area contributed by atoms with Gasteiger partial charge in [0.1, 0.15) is 0 Å². The van der Waals surface area contributed by atoms with Crippen molar-refractivity contribution in [3.05, 3.63) is 60.3 Å². The van der Waals surface area contributed by atoms with Gasteiger partial charge < -0.3 is 9.80 Å². The minimum Gasteiger partial charge on any atom is -0.345 e. The topological polar surface area (TPSA) is 6.48 Å². The summed E-state index contributed by atoms with van der Waals surface area (Å²) in [5, 5.41) is 0. The maximum Gasteiger partial charge on any atom is 0.0643 e. The Morgan fingerprint density at radius 2 is 1.44 bits per heavy atom. The number of hydrogen-bond donors (Lipinski definition) is 0. The summed E-state index contributed by atoms with van der Waals surface area (Å²) in [6.07, 6.45) is 7.88. The molecule has 1 aliphatic rings. The van der Waals surface area contributed by atoms with Crippen LogP contribution in [-0.4, -0.2) is 23.9 Å². The number of nitrogens with zero attached hydrogens (tertiary/aromatic N) is 2. The van der Waals surface area contributed by atoms with Crippen LogP contribution < -0.4 is 0 Å². The number of hydrogen-bond acceptors (Lipinski definition) is 2. The fourth-order valence-corrected chi connectivity index (χ4v) is 1.94. The minimum atomic E-state index is 1.08. The van der Waals surface area contributed by atoms with Crippen LogP contribution in [-0.2, 0) is 0 Å². The van der Waals surface area contributed by atoms with Gasteiger partial charge in [0.05, 0.1) is 17.1 Å². The van der Waals surface area contributed by atoms with Crippen molar-refractivity contribution >= 4 is 0 Å². The van der Waals surface area contributed by atoms with Crippen molar-refractivity contribution in [2.45, 2.75) is 13.8 Å². The van der Waals surface area contributed by atoms with E-state index in [-0.39, 0.29) is 0 Å². The smallest absolute Gasteiger partial charge is 0.0643 e. The Bertz CT molecular complexity index is 397. The Morgan fingerprint density at radius 3 is 1.88 bits per heavy atom. The van der Waals surface area contributed by atoms with E-state index in [2.05, 4.69) is 36.0 Å². The van der Waals surface area contributed by atoms with Crippen molar-refractivity contribution in [2.24, 2.45) is 0 Å². The molecule has 0 atom stereocenters. The van der Waals surface area contributed by atoms with Crippen LogP contribution in [0.4, 0.5) is 0 Å². The highest BCUT2D eigenvalue weighted by Gasteiger charge is 2.21. The summed E-state index contributed by atoms with van der Waals surface area (Å²) in [6, 6.07) is 0. The maximum atomic E-state index is 3.87. The highest BCUT2D eigenvalue weighted by atomic mass is 15.2. The highest BCUT2D eigenvalue weighted by molar-refractivity contribution is 5.42. The molecule has 86 valence electrons. The van der Waals surface area contributed by atoms with Crippen LogP contribution in [0.15, 0.2) is 60.3 Å². The molecule has 0 aromatic heterocycles. The van der Waals surface area contributed by atoms with Gasteiger partial charge in [0.2, 0.25) is 0 Å². The summed E-state index contributed by atoms with van der Waals surface area (Å²) in [5.74, 6) is 0. The summed E-state index contributed by atoms with van der Waals surface area (Å²) < 4.78 is 0. The monoisotopic (exact) mass is 216 g/mol. The Labute approximate surface area is 98.5 Å². The first-order valence-corrected chi connectivity index (χ1v) is 5.38. The van der Waals surface area contributed by atoms with Crippen molar-refractivity contribution in [2.75, 3.05) is 14.1 Å². The zero-order chi connectivity index (χ0) is 12.3. The molecule has 0 aromatic rings. The third-order valence-electron chi connectivity index (χ3n) is 2.93. The number of rotatable bonds is 3. The van der Waals surface area contributed by atoms with Crippen LogP contribution in [0.25, 0.3) is 0 Å². The Balaban J connectivity index is 3.34. The van der Waals surface area contributed by atoms with E-state index in [1.807, 2.05) is 39.2 Å². The van der Waals surface area contributed by atoms with Crippen LogP contribution in [0.5, 0.6) is 0 Å². The summed E-state index contributed by atoms with van der Waals surface area (Å²) in [4.78, 5) is 4.28. The molecule has 0 radical (unpaired) electrons. The summed E-state index contributed by atoms with van der Waals surface area (Å²) >= 11 is 0. The van der Waals surface area contributed by atoms with E-state index in [0.717, 1.165) is 11.4 Å². The molecule has 0 N–H and O–H groups in total. The lowest BCUT2D eigenvalue weighted by molar-refractivity contribution is 0.418. The second kappa shape index (κ2) is 4.88. The van der Waals surface area contributed by atoms with Gasteiger partial charge >= 0.3 is 0 Å². The predicted octanol–water partition coefficient (Wildman–Crippen LogP) is 3.25. The van der Waals surface area contributed by atoms with E-state index in [0.29, 0.717) is 0 Å². The second-order valence-corrected chi connectivity index (χ2v) is 3.77. The lowest BCUT2D eigenvalue weighted by Crippen LogP contribution is -2.31. The number of allylic oxidation sites excluding steroid dienone is 5. The molecule has 1 rings (SSSR count). The van der Waals surface area contributed by atoms with E-state index < -0.39 is 0 Å². The quantitative estimate of drug-likeness (QED) is 0.714. The maximum absolute atomic E-state index is 3.87. The molecule has 16 heavy (non-hydrogen) atoms. The van der Waals surface area contributed by atoms with E-state index >= 15 is 0 Å². The molecule has 1 heterocycles. The van der Waals surface area contributed by atoms with Crippen molar-refractivity contribution < 1.29 is 0 Å². The highest BCUT2D eigenvalue weighted by Crippen LogP contribution is 2.30. The van der Waals surface area contributed by atoms with Crippen molar-refractivity contribution in [1.29, 1.82) is 0 Å². The lowest BCUT2D eigenvalue weighted by Gasteiger charge is -2.36. The molecule has 0 aliphatic carbocycles. The minimum absolute atomic E-state index is 1.08. The average Bonchev–Trinajstić information content (AvgIpc) is 2.29. The molecule has 0 bridgehead atoms. The average molecular weight is 216 g/mol. The fraction of sp³-hybridized carbons (Fsp3) is 0.286. The molecule has 0 saturated carbocycles. The largest absolute Gasteiger partial charge is 0.345 e. The predicted molar refractivity (Wildman–Crippen MR) is 70.5 cm³/mol. The van der Waals surface area contributed by atoms with Gasteiger partial charge in [-0.2, -0.15) is 0 Å². The molecular formula is C14H20N2. The van der Waals surface area contributed by atoms with Crippen LogP contribution >= 0.6 is 0 Å². The molecule has 2 nitrogen and oxygen atoms in total. The first-order chi connectivity index (χ1) is 7.58. The summed E-state index contributed by atoms with van der Waals surface area (Å²) in [6.45, 7) is 11.9. The molecule has 1 aliphatic heterocycles. The van der Waals surface area contributed by atoms with Gasteiger partial charge in [-0.3, -0.25) is 0 Å². The molecule has 0 fully saturated rings. The van der Waals surface area contributed by atoms with Gasteiger partial charge in [0.25, 0.3) is 0 Å². The zero-order valence-corrected chi connectivity index (χ0v) is 10.6. The summed E-state index contributed by atoms with van der Waals surface area (Å²) in [7, 11) is 4.10. The molecule has 2 heteroatoms. The third kappa shape index (κ3) is 1.83. The van der Waals surface area contributed by atoms with E-state index in [1.165, 1.54) is 11.4 Å². The molecule has 0 saturated heterocycles. The Morgan fingerprint density at radius 1 is 0.938 bits per heavy atom. The van der Waals surface area contributed by atoms with Crippen LogP contribution in [0.2, 0.25) is 0 Å². The van der Waals surface area contributed by atoms with Crippen LogP contribution in [0.1, 0.15) is 13.8 Å². The van der Waals surface area contributed by atoms with E-state index in [9.17, 15) is 0 Å². The lowest BCUT2D eigenvalue weighted by atomic mass is 10.1. The van der Waals surface area contributed by atoms with Gasteiger partial charge in [-0.15, -0.1) is 0 Å². The van der Waals surface area contributed by atoms with Gasteiger partial charge in [-0.1, -0.05) is 19.2 Å². The second-order valence-electron chi connectivity index (χ2n) is 3.77. The zero-order valence-electron chi connectivity index (χ0n) is 10.6. The van der Waals surface area contributed by atoms with Gasteiger partial charge in [0.15, 0.2) is 0 Å². The van der Waals surface area contributed by atoms with Crippen molar-refractivity contribution in [3.63, 3.8) is 0 Å². The Hall–Kier alpha value is -1.70. The van der Waals surface area contributed by atoms with Crippen molar-refractivity contribution in [3.8, 4) is 0 Å². The SMILES string of the molecule is C=CC1=C(C=C)N(C)C(/C=C\C)=C(C)N1C. The molecule has 0 aromatic carbocycles. The molecule has 0 unspecified atom stereocenters. The van der Waals surface area contributed by atoms with E-state index in [4.69, 9.17) is 0 Å².